The number of nitriles is 1. The van der Waals surface area contributed by atoms with Crippen LogP contribution in [-0.2, 0) is 0 Å². The van der Waals surface area contributed by atoms with Crippen LogP contribution in [-0.4, -0.2) is 29.4 Å². The van der Waals surface area contributed by atoms with Gasteiger partial charge in [-0.3, -0.25) is 0 Å². The SMILES string of the molecule is COc1ccc(Nc2nncc(Nc3ccccc3C#N)n2)cc1OC. The molecule has 0 saturated heterocycles. The van der Waals surface area contributed by atoms with Crippen molar-refractivity contribution in [1.82, 2.24) is 15.2 Å². The van der Waals surface area contributed by atoms with Gasteiger partial charge in [0.15, 0.2) is 17.3 Å². The first-order chi connectivity index (χ1) is 12.7. The topological polar surface area (TPSA) is 105 Å². The summed E-state index contributed by atoms with van der Waals surface area (Å²) in [6.07, 6.45) is 1.48. The van der Waals surface area contributed by atoms with E-state index in [-0.39, 0.29) is 0 Å². The van der Waals surface area contributed by atoms with Crippen molar-refractivity contribution in [2.75, 3.05) is 24.9 Å². The molecule has 8 nitrogen and oxygen atoms in total. The third-order valence-corrected chi connectivity index (χ3v) is 3.51. The zero-order valence-electron chi connectivity index (χ0n) is 14.2. The van der Waals surface area contributed by atoms with E-state index in [4.69, 9.17) is 14.7 Å². The number of hydrogen-bond donors (Lipinski definition) is 2. The fourth-order valence-corrected chi connectivity index (χ4v) is 2.29. The van der Waals surface area contributed by atoms with Gasteiger partial charge in [0.1, 0.15) is 6.07 Å². The molecule has 3 aromatic rings. The molecule has 1 aromatic heterocycles. The Labute approximate surface area is 150 Å². The molecule has 0 unspecified atom stereocenters. The molecule has 0 saturated carbocycles. The van der Waals surface area contributed by atoms with Gasteiger partial charge in [-0.15, -0.1) is 5.10 Å². The molecule has 0 atom stereocenters. The van der Waals surface area contributed by atoms with Gasteiger partial charge in [-0.2, -0.15) is 15.3 Å². The van der Waals surface area contributed by atoms with E-state index in [1.54, 1.807) is 44.6 Å². The maximum atomic E-state index is 9.17. The number of anilines is 4. The molecule has 0 radical (unpaired) electrons. The molecule has 0 fully saturated rings. The van der Waals surface area contributed by atoms with Crippen molar-refractivity contribution in [3.8, 4) is 17.6 Å². The van der Waals surface area contributed by atoms with E-state index in [0.717, 1.165) is 5.69 Å². The molecule has 0 aliphatic carbocycles. The Balaban J connectivity index is 1.81. The molecule has 0 bridgehead atoms. The number of nitrogens with one attached hydrogen (secondary N) is 2. The fraction of sp³-hybridized carbons (Fsp3) is 0.111. The van der Waals surface area contributed by atoms with Crippen LogP contribution in [0.1, 0.15) is 5.56 Å². The first-order valence-corrected chi connectivity index (χ1v) is 7.68. The second-order valence-corrected chi connectivity index (χ2v) is 5.14. The maximum Gasteiger partial charge on any atom is 0.249 e. The summed E-state index contributed by atoms with van der Waals surface area (Å²) < 4.78 is 10.5. The van der Waals surface area contributed by atoms with Crippen LogP contribution >= 0.6 is 0 Å². The molecule has 0 spiro atoms. The quantitative estimate of drug-likeness (QED) is 0.699. The number of methoxy groups -OCH3 is 2. The zero-order valence-corrected chi connectivity index (χ0v) is 14.2. The van der Waals surface area contributed by atoms with Crippen molar-refractivity contribution in [1.29, 1.82) is 5.26 Å². The van der Waals surface area contributed by atoms with Crippen LogP contribution in [0.5, 0.6) is 11.5 Å². The van der Waals surface area contributed by atoms with Gasteiger partial charge in [-0.25, -0.2) is 0 Å². The normalized spacial score (nSPS) is 9.88. The summed E-state index contributed by atoms with van der Waals surface area (Å²) >= 11 is 0. The average molecular weight is 348 g/mol. The summed E-state index contributed by atoms with van der Waals surface area (Å²) in [5, 5.41) is 23.2. The van der Waals surface area contributed by atoms with Crippen molar-refractivity contribution in [2.24, 2.45) is 0 Å². The third kappa shape index (κ3) is 3.79. The maximum absolute atomic E-state index is 9.17. The Morgan fingerprint density at radius 1 is 1.00 bits per heavy atom. The minimum Gasteiger partial charge on any atom is -0.493 e. The first kappa shape index (κ1) is 17.0. The molecule has 1 heterocycles. The van der Waals surface area contributed by atoms with E-state index in [1.165, 1.54) is 6.20 Å². The van der Waals surface area contributed by atoms with E-state index in [2.05, 4.69) is 31.9 Å². The number of benzene rings is 2. The summed E-state index contributed by atoms with van der Waals surface area (Å²) in [5.74, 6) is 1.98. The van der Waals surface area contributed by atoms with Crippen molar-refractivity contribution in [3.05, 3.63) is 54.2 Å². The Morgan fingerprint density at radius 2 is 1.81 bits per heavy atom. The summed E-state index contributed by atoms with van der Waals surface area (Å²) in [6.45, 7) is 0. The highest BCUT2D eigenvalue weighted by atomic mass is 16.5. The lowest BCUT2D eigenvalue weighted by molar-refractivity contribution is 0.355. The van der Waals surface area contributed by atoms with E-state index in [0.29, 0.717) is 34.5 Å². The third-order valence-electron chi connectivity index (χ3n) is 3.51. The van der Waals surface area contributed by atoms with Crippen molar-refractivity contribution in [2.45, 2.75) is 0 Å². The number of nitrogens with zero attached hydrogens (tertiary/aromatic N) is 4. The highest BCUT2D eigenvalue weighted by Crippen LogP contribution is 2.30. The van der Waals surface area contributed by atoms with Crippen LogP contribution in [0.2, 0.25) is 0 Å². The van der Waals surface area contributed by atoms with Crippen molar-refractivity contribution >= 4 is 23.1 Å². The van der Waals surface area contributed by atoms with Crippen LogP contribution < -0.4 is 20.1 Å². The summed E-state index contributed by atoms with van der Waals surface area (Å²) in [7, 11) is 3.14. The molecule has 0 amide bonds. The molecule has 26 heavy (non-hydrogen) atoms. The van der Waals surface area contributed by atoms with Gasteiger partial charge in [0.25, 0.3) is 0 Å². The largest absolute Gasteiger partial charge is 0.493 e. The highest BCUT2D eigenvalue weighted by molar-refractivity contribution is 5.65. The van der Waals surface area contributed by atoms with Crippen molar-refractivity contribution < 1.29 is 9.47 Å². The van der Waals surface area contributed by atoms with Crippen LogP contribution in [0.4, 0.5) is 23.1 Å². The van der Waals surface area contributed by atoms with Gasteiger partial charge >= 0.3 is 0 Å². The minimum absolute atomic E-state index is 0.302. The van der Waals surface area contributed by atoms with Crippen molar-refractivity contribution in [3.63, 3.8) is 0 Å². The molecule has 3 rings (SSSR count). The van der Waals surface area contributed by atoms with Crippen LogP contribution in [0.15, 0.2) is 48.7 Å². The molecule has 8 heteroatoms. The second-order valence-electron chi connectivity index (χ2n) is 5.14. The van der Waals surface area contributed by atoms with Gasteiger partial charge in [-0.05, 0) is 24.3 Å². The molecule has 130 valence electrons. The van der Waals surface area contributed by atoms with Gasteiger partial charge in [0.2, 0.25) is 5.95 Å². The first-order valence-electron chi connectivity index (χ1n) is 7.68. The summed E-state index contributed by atoms with van der Waals surface area (Å²) in [6, 6.07) is 14.6. The molecular formula is C18H16N6O2. The van der Waals surface area contributed by atoms with Gasteiger partial charge < -0.3 is 20.1 Å². The molecule has 2 aromatic carbocycles. The predicted octanol–water partition coefficient (Wildman–Crippen LogP) is 3.25. The molecule has 2 N–H and O–H groups in total. The Kier molecular flexibility index (Phi) is 5.10. The fourth-order valence-electron chi connectivity index (χ4n) is 2.29. The standard InChI is InChI=1S/C18H16N6O2/c1-25-15-8-7-13(9-16(15)26-2)21-18-23-17(11-20-24-18)22-14-6-4-3-5-12(14)10-19/h3-9,11H,1-2H3,(H2,21,22,23,24). The van der Waals surface area contributed by atoms with E-state index >= 15 is 0 Å². The van der Waals surface area contributed by atoms with Gasteiger partial charge in [0, 0.05) is 11.8 Å². The van der Waals surface area contributed by atoms with Crippen LogP contribution in [0, 0.1) is 11.3 Å². The highest BCUT2D eigenvalue weighted by Gasteiger charge is 2.08. The Bertz CT molecular complexity index is 954. The van der Waals surface area contributed by atoms with E-state index in [9.17, 15) is 0 Å². The molecular weight excluding hydrogens is 332 g/mol. The predicted molar refractivity (Wildman–Crippen MR) is 97.1 cm³/mol. The number of aromatic nitrogens is 3. The smallest absolute Gasteiger partial charge is 0.249 e. The van der Waals surface area contributed by atoms with Crippen LogP contribution in [0.25, 0.3) is 0 Å². The van der Waals surface area contributed by atoms with E-state index in [1.807, 2.05) is 12.1 Å². The lowest BCUT2D eigenvalue weighted by atomic mass is 10.2. The lowest BCUT2D eigenvalue weighted by Gasteiger charge is -2.11. The van der Waals surface area contributed by atoms with Crippen LogP contribution in [0.3, 0.4) is 0 Å². The lowest BCUT2D eigenvalue weighted by Crippen LogP contribution is -2.03. The number of ether oxygens (including phenoxy) is 2. The number of hydrogen-bond acceptors (Lipinski definition) is 8. The molecule has 0 aliphatic heterocycles. The van der Waals surface area contributed by atoms with E-state index < -0.39 is 0 Å². The molecule has 0 aliphatic rings. The summed E-state index contributed by atoms with van der Waals surface area (Å²) in [5.41, 5.74) is 1.88. The monoisotopic (exact) mass is 348 g/mol. The number of rotatable bonds is 6. The Morgan fingerprint density at radius 3 is 2.58 bits per heavy atom. The second kappa shape index (κ2) is 7.81. The Hall–Kier alpha value is -3.86. The minimum atomic E-state index is 0.302. The van der Waals surface area contributed by atoms with Gasteiger partial charge in [0.05, 0.1) is 31.7 Å². The average Bonchev–Trinajstić information content (AvgIpc) is 2.68. The zero-order chi connectivity index (χ0) is 18.4. The van der Waals surface area contributed by atoms with Gasteiger partial charge in [-0.1, -0.05) is 12.1 Å². The number of para-hydroxylation sites is 1. The summed E-state index contributed by atoms with van der Waals surface area (Å²) in [4.78, 5) is 4.36.